The van der Waals surface area contributed by atoms with Crippen molar-refractivity contribution in [1.82, 2.24) is 15.5 Å². The van der Waals surface area contributed by atoms with Crippen LogP contribution in [0.2, 0.25) is 5.02 Å². The van der Waals surface area contributed by atoms with E-state index in [0.29, 0.717) is 35.3 Å². The van der Waals surface area contributed by atoms with Crippen LogP contribution < -0.4 is 10.2 Å². The summed E-state index contributed by atoms with van der Waals surface area (Å²) < 4.78 is 5.26. The predicted octanol–water partition coefficient (Wildman–Crippen LogP) is 3.43. The van der Waals surface area contributed by atoms with Crippen molar-refractivity contribution in [3.8, 4) is 11.4 Å². The van der Waals surface area contributed by atoms with E-state index in [1.165, 1.54) is 0 Å². The molecule has 0 saturated heterocycles. The highest BCUT2D eigenvalue weighted by atomic mass is 35.5. The van der Waals surface area contributed by atoms with Gasteiger partial charge in [0.1, 0.15) is 0 Å². The monoisotopic (exact) mass is 370 g/mol. The van der Waals surface area contributed by atoms with E-state index in [0.717, 1.165) is 11.3 Å². The molecule has 7 heteroatoms. The van der Waals surface area contributed by atoms with Crippen molar-refractivity contribution in [2.75, 3.05) is 25.5 Å². The minimum Gasteiger partial charge on any atom is -0.378 e. The molecule has 0 bridgehead atoms. The highest BCUT2D eigenvalue weighted by Crippen LogP contribution is 2.20. The molecule has 1 N–H and O–H groups in total. The zero-order chi connectivity index (χ0) is 18.5. The summed E-state index contributed by atoms with van der Waals surface area (Å²) in [5.41, 5.74) is 2.42. The van der Waals surface area contributed by atoms with Gasteiger partial charge in [-0.05, 0) is 36.4 Å². The largest absolute Gasteiger partial charge is 0.378 e. The van der Waals surface area contributed by atoms with Gasteiger partial charge in [0, 0.05) is 38.3 Å². The lowest BCUT2D eigenvalue weighted by Crippen LogP contribution is -2.26. The zero-order valence-electron chi connectivity index (χ0n) is 14.6. The van der Waals surface area contributed by atoms with Crippen molar-refractivity contribution in [3.63, 3.8) is 0 Å². The van der Waals surface area contributed by atoms with Crippen LogP contribution in [-0.2, 0) is 6.42 Å². The van der Waals surface area contributed by atoms with Crippen molar-refractivity contribution in [2.24, 2.45) is 0 Å². The Bertz CT molecular complexity index is 891. The van der Waals surface area contributed by atoms with Crippen LogP contribution in [0.4, 0.5) is 5.69 Å². The minimum absolute atomic E-state index is 0.227. The third-order valence-corrected chi connectivity index (χ3v) is 4.18. The molecule has 1 heterocycles. The zero-order valence-corrected chi connectivity index (χ0v) is 15.3. The van der Waals surface area contributed by atoms with Gasteiger partial charge in [-0.15, -0.1) is 0 Å². The van der Waals surface area contributed by atoms with Crippen LogP contribution in [0.3, 0.4) is 0 Å². The van der Waals surface area contributed by atoms with Gasteiger partial charge in [-0.3, -0.25) is 4.79 Å². The molecule has 0 spiro atoms. The van der Waals surface area contributed by atoms with E-state index in [-0.39, 0.29) is 5.91 Å². The normalized spacial score (nSPS) is 10.6. The summed E-state index contributed by atoms with van der Waals surface area (Å²) in [4.78, 5) is 18.5. The molecule has 2 aromatic carbocycles. The van der Waals surface area contributed by atoms with Gasteiger partial charge in [0.15, 0.2) is 0 Å². The van der Waals surface area contributed by atoms with E-state index in [4.69, 9.17) is 16.1 Å². The van der Waals surface area contributed by atoms with Crippen molar-refractivity contribution in [1.29, 1.82) is 0 Å². The molecule has 1 aromatic heterocycles. The van der Waals surface area contributed by atoms with E-state index in [9.17, 15) is 4.79 Å². The first-order valence-corrected chi connectivity index (χ1v) is 8.55. The summed E-state index contributed by atoms with van der Waals surface area (Å²) in [6, 6.07) is 14.8. The molecular formula is C19H19ClN4O2. The molecule has 134 valence electrons. The number of benzene rings is 2. The van der Waals surface area contributed by atoms with E-state index in [1.54, 1.807) is 24.3 Å². The highest BCUT2D eigenvalue weighted by Gasteiger charge is 2.11. The summed E-state index contributed by atoms with van der Waals surface area (Å²) in [5, 5.41) is 7.22. The van der Waals surface area contributed by atoms with Crippen molar-refractivity contribution >= 4 is 23.2 Å². The first kappa shape index (κ1) is 17.9. The molecule has 0 aliphatic heterocycles. The lowest BCUT2D eigenvalue weighted by molar-refractivity contribution is 0.0953. The number of amides is 1. The number of carbonyl (C=O) groups excluding carboxylic acids is 1. The summed E-state index contributed by atoms with van der Waals surface area (Å²) in [7, 11) is 3.97. The van der Waals surface area contributed by atoms with Crippen LogP contribution in [-0.4, -0.2) is 36.7 Å². The van der Waals surface area contributed by atoms with Gasteiger partial charge in [0.25, 0.3) is 5.91 Å². The van der Waals surface area contributed by atoms with Crippen LogP contribution >= 0.6 is 11.6 Å². The molecule has 0 aliphatic rings. The Hall–Kier alpha value is -2.86. The Morgan fingerprint density at radius 2 is 1.88 bits per heavy atom. The van der Waals surface area contributed by atoms with E-state index in [1.807, 2.05) is 43.3 Å². The average molecular weight is 371 g/mol. The predicted molar refractivity (Wildman–Crippen MR) is 102 cm³/mol. The first-order valence-electron chi connectivity index (χ1n) is 8.17. The Kier molecular flexibility index (Phi) is 5.53. The SMILES string of the molecule is CN(C)c1ccc(-c2noc(CCNC(=O)c3ccccc3Cl)n2)cc1. The molecular weight excluding hydrogens is 352 g/mol. The van der Waals surface area contributed by atoms with Gasteiger partial charge in [-0.25, -0.2) is 0 Å². The van der Waals surface area contributed by atoms with Crippen LogP contribution in [0.25, 0.3) is 11.4 Å². The molecule has 0 radical (unpaired) electrons. The van der Waals surface area contributed by atoms with Crippen molar-refractivity contribution in [3.05, 3.63) is 65.0 Å². The Morgan fingerprint density at radius 3 is 2.58 bits per heavy atom. The Morgan fingerprint density at radius 1 is 1.15 bits per heavy atom. The molecule has 6 nitrogen and oxygen atoms in total. The topological polar surface area (TPSA) is 71.3 Å². The van der Waals surface area contributed by atoms with Gasteiger partial charge < -0.3 is 14.7 Å². The second-order valence-corrected chi connectivity index (χ2v) is 6.35. The number of halogens is 1. The van der Waals surface area contributed by atoms with Crippen LogP contribution in [0.1, 0.15) is 16.2 Å². The van der Waals surface area contributed by atoms with Crippen molar-refractivity contribution in [2.45, 2.75) is 6.42 Å². The number of aromatic nitrogens is 2. The second kappa shape index (κ2) is 8.01. The van der Waals surface area contributed by atoms with Crippen LogP contribution in [0, 0.1) is 0 Å². The Labute approximate surface area is 156 Å². The summed E-state index contributed by atoms with van der Waals surface area (Å²) >= 11 is 6.01. The second-order valence-electron chi connectivity index (χ2n) is 5.94. The number of carbonyl (C=O) groups is 1. The number of hydrogen-bond acceptors (Lipinski definition) is 5. The van der Waals surface area contributed by atoms with Crippen molar-refractivity contribution < 1.29 is 9.32 Å². The highest BCUT2D eigenvalue weighted by molar-refractivity contribution is 6.33. The number of rotatable bonds is 6. The lowest BCUT2D eigenvalue weighted by Gasteiger charge is -2.11. The fourth-order valence-electron chi connectivity index (χ4n) is 2.41. The molecule has 1 amide bonds. The maximum Gasteiger partial charge on any atom is 0.252 e. The van der Waals surface area contributed by atoms with E-state index >= 15 is 0 Å². The fourth-order valence-corrected chi connectivity index (χ4v) is 2.63. The summed E-state index contributed by atoms with van der Waals surface area (Å²) in [5.74, 6) is 0.772. The summed E-state index contributed by atoms with van der Waals surface area (Å²) in [6.07, 6.45) is 0.443. The van der Waals surface area contributed by atoms with Gasteiger partial charge in [-0.2, -0.15) is 4.98 Å². The minimum atomic E-state index is -0.227. The maximum absolute atomic E-state index is 12.1. The van der Waals surface area contributed by atoms with Gasteiger partial charge in [0.2, 0.25) is 11.7 Å². The molecule has 3 rings (SSSR count). The molecule has 0 aliphatic carbocycles. The first-order chi connectivity index (χ1) is 12.5. The number of anilines is 1. The Balaban J connectivity index is 1.57. The summed E-state index contributed by atoms with van der Waals surface area (Å²) in [6.45, 7) is 0.380. The smallest absolute Gasteiger partial charge is 0.252 e. The number of nitrogens with one attached hydrogen (secondary N) is 1. The molecule has 0 fully saturated rings. The molecule has 0 atom stereocenters. The van der Waals surface area contributed by atoms with Gasteiger partial charge >= 0.3 is 0 Å². The average Bonchev–Trinajstić information content (AvgIpc) is 3.11. The third-order valence-electron chi connectivity index (χ3n) is 3.85. The molecule has 3 aromatic rings. The number of nitrogens with zero attached hydrogens (tertiary/aromatic N) is 3. The fraction of sp³-hybridized carbons (Fsp3) is 0.211. The quantitative estimate of drug-likeness (QED) is 0.719. The van der Waals surface area contributed by atoms with E-state index in [2.05, 4.69) is 15.5 Å². The maximum atomic E-state index is 12.1. The lowest BCUT2D eigenvalue weighted by atomic mass is 10.2. The van der Waals surface area contributed by atoms with Gasteiger partial charge in [-0.1, -0.05) is 28.9 Å². The van der Waals surface area contributed by atoms with Crippen LogP contribution in [0.15, 0.2) is 53.1 Å². The third kappa shape index (κ3) is 4.21. The van der Waals surface area contributed by atoms with Crippen LogP contribution in [0.5, 0.6) is 0 Å². The molecule has 26 heavy (non-hydrogen) atoms. The van der Waals surface area contributed by atoms with E-state index < -0.39 is 0 Å². The standard InChI is InChI=1S/C19H19ClN4O2/c1-24(2)14-9-7-13(8-10-14)18-22-17(26-23-18)11-12-21-19(25)15-5-3-4-6-16(15)20/h3-10H,11-12H2,1-2H3,(H,21,25). The molecule has 0 unspecified atom stereocenters. The number of hydrogen-bond donors (Lipinski definition) is 1. The molecule has 0 saturated carbocycles. The van der Waals surface area contributed by atoms with Gasteiger partial charge in [0.05, 0.1) is 10.6 Å².